The van der Waals surface area contributed by atoms with Gasteiger partial charge in [-0.1, -0.05) is 66.7 Å². The minimum Gasteiger partial charge on any atom is -0.399 e. The van der Waals surface area contributed by atoms with Crippen LogP contribution in [-0.4, -0.2) is 0 Å². The molecule has 0 atom stereocenters. The number of rotatable bonds is 5. The maximum Gasteiger partial charge on any atom is 0.0490 e. The van der Waals surface area contributed by atoms with Crippen LogP contribution in [0.15, 0.2) is 115 Å². The summed E-state index contributed by atoms with van der Waals surface area (Å²) in [5, 5.41) is 0. The van der Waals surface area contributed by atoms with Gasteiger partial charge >= 0.3 is 0 Å². The zero-order valence-corrected chi connectivity index (χ0v) is 20.1. The summed E-state index contributed by atoms with van der Waals surface area (Å²) >= 11 is 0. The molecule has 0 amide bonds. The summed E-state index contributed by atoms with van der Waals surface area (Å²) in [6, 6.07) is 39.8. The van der Waals surface area contributed by atoms with Gasteiger partial charge in [-0.25, -0.2) is 0 Å². The fraction of sp³-hybridized carbons (Fsp3) is 0.0625. The van der Waals surface area contributed by atoms with E-state index in [0.29, 0.717) is 0 Å². The largest absolute Gasteiger partial charge is 0.399 e. The molecule has 172 valence electrons. The van der Waals surface area contributed by atoms with Gasteiger partial charge in [0, 0.05) is 28.4 Å². The quantitative estimate of drug-likeness (QED) is 0.262. The molecule has 0 aliphatic heterocycles. The van der Waals surface area contributed by atoms with Crippen LogP contribution < -0.4 is 16.4 Å². The Labute approximate surface area is 207 Å². The molecule has 3 heteroatoms. The molecular weight excluding hydrogens is 426 g/mol. The maximum atomic E-state index is 6.20. The summed E-state index contributed by atoms with van der Waals surface area (Å²) in [5.41, 5.74) is 23.9. The number of hydrogen-bond acceptors (Lipinski definition) is 3. The highest BCUT2D eigenvalue weighted by atomic mass is 15.1. The smallest absolute Gasteiger partial charge is 0.0490 e. The highest BCUT2D eigenvalue weighted by Gasteiger charge is 2.16. The lowest BCUT2D eigenvalue weighted by Gasteiger charge is -2.28. The average Bonchev–Trinajstić information content (AvgIpc) is 2.87. The summed E-state index contributed by atoms with van der Waals surface area (Å²) < 4.78 is 0. The molecule has 0 spiro atoms. The van der Waals surface area contributed by atoms with Gasteiger partial charge in [-0.3, -0.25) is 0 Å². The average molecular weight is 456 g/mol. The highest BCUT2D eigenvalue weighted by molar-refractivity contribution is 5.87. The highest BCUT2D eigenvalue weighted by Crippen LogP contribution is 2.40. The Bertz CT molecular complexity index is 1420. The fourth-order valence-corrected chi connectivity index (χ4v) is 4.54. The molecule has 5 rings (SSSR count). The van der Waals surface area contributed by atoms with E-state index in [-0.39, 0.29) is 0 Å². The third-order valence-corrected chi connectivity index (χ3v) is 6.41. The van der Waals surface area contributed by atoms with E-state index < -0.39 is 0 Å². The number of anilines is 5. The molecule has 0 aliphatic carbocycles. The van der Waals surface area contributed by atoms with Crippen LogP contribution in [0.2, 0.25) is 0 Å². The predicted molar refractivity (Wildman–Crippen MR) is 150 cm³/mol. The second-order valence-electron chi connectivity index (χ2n) is 8.88. The van der Waals surface area contributed by atoms with Crippen molar-refractivity contribution in [2.75, 3.05) is 16.4 Å². The van der Waals surface area contributed by atoms with Crippen LogP contribution in [0.1, 0.15) is 11.1 Å². The molecule has 4 N–H and O–H groups in total. The first-order chi connectivity index (χ1) is 17.0. The molecule has 0 saturated carbocycles. The Hall–Kier alpha value is -4.50. The lowest BCUT2D eigenvalue weighted by Crippen LogP contribution is -2.12. The van der Waals surface area contributed by atoms with Gasteiger partial charge < -0.3 is 16.4 Å². The van der Waals surface area contributed by atoms with Crippen molar-refractivity contribution >= 4 is 28.4 Å². The Morgan fingerprint density at radius 3 is 1.54 bits per heavy atom. The molecule has 0 saturated heterocycles. The van der Waals surface area contributed by atoms with E-state index in [1.165, 1.54) is 22.5 Å². The molecule has 0 aromatic heterocycles. The second kappa shape index (κ2) is 9.40. The molecule has 0 bridgehead atoms. The van der Waals surface area contributed by atoms with Crippen LogP contribution in [0, 0.1) is 13.8 Å². The van der Waals surface area contributed by atoms with Crippen molar-refractivity contribution in [2.24, 2.45) is 0 Å². The monoisotopic (exact) mass is 455 g/mol. The summed E-state index contributed by atoms with van der Waals surface area (Å²) in [4.78, 5) is 2.33. The zero-order chi connectivity index (χ0) is 24.4. The first-order valence-corrected chi connectivity index (χ1v) is 11.8. The first kappa shape index (κ1) is 22.3. The number of benzene rings is 5. The number of aryl methyl sites for hydroxylation is 2. The van der Waals surface area contributed by atoms with Crippen molar-refractivity contribution in [3.05, 3.63) is 126 Å². The molecule has 35 heavy (non-hydrogen) atoms. The molecular formula is C32H29N3. The van der Waals surface area contributed by atoms with Crippen molar-refractivity contribution in [1.82, 2.24) is 0 Å². The zero-order valence-electron chi connectivity index (χ0n) is 20.1. The number of nitrogens with two attached hydrogens (primary N) is 2. The van der Waals surface area contributed by atoms with Crippen molar-refractivity contribution in [1.29, 1.82) is 0 Å². The lowest BCUT2D eigenvalue weighted by atomic mass is 9.93. The van der Waals surface area contributed by atoms with Crippen LogP contribution in [0.5, 0.6) is 0 Å². The third kappa shape index (κ3) is 4.49. The minimum absolute atomic E-state index is 0.740. The van der Waals surface area contributed by atoms with Crippen molar-refractivity contribution < 1.29 is 0 Å². The van der Waals surface area contributed by atoms with Gasteiger partial charge in [-0.2, -0.15) is 0 Å². The number of para-hydroxylation sites is 2. The van der Waals surface area contributed by atoms with Gasteiger partial charge in [0.1, 0.15) is 0 Å². The van der Waals surface area contributed by atoms with Gasteiger partial charge in [-0.05, 0) is 95.8 Å². The maximum absolute atomic E-state index is 6.20. The predicted octanol–water partition coefficient (Wildman–Crippen LogP) is 8.27. The van der Waals surface area contributed by atoms with E-state index in [2.05, 4.69) is 110 Å². The van der Waals surface area contributed by atoms with Crippen molar-refractivity contribution in [2.45, 2.75) is 13.8 Å². The molecule has 3 nitrogen and oxygen atoms in total. The molecule has 0 unspecified atom stereocenters. The molecule has 0 radical (unpaired) electrons. The topological polar surface area (TPSA) is 55.3 Å². The van der Waals surface area contributed by atoms with Crippen molar-refractivity contribution in [3.8, 4) is 22.3 Å². The van der Waals surface area contributed by atoms with E-state index in [0.717, 1.165) is 39.3 Å². The van der Waals surface area contributed by atoms with Crippen LogP contribution in [-0.2, 0) is 0 Å². The summed E-state index contributed by atoms with van der Waals surface area (Å²) in [6.45, 7) is 4.31. The fourth-order valence-electron chi connectivity index (χ4n) is 4.54. The second-order valence-corrected chi connectivity index (χ2v) is 8.88. The molecule has 0 heterocycles. The van der Waals surface area contributed by atoms with E-state index in [1.807, 2.05) is 24.3 Å². The Kier molecular flexibility index (Phi) is 5.99. The minimum atomic E-state index is 0.740. The summed E-state index contributed by atoms with van der Waals surface area (Å²) in [7, 11) is 0. The number of nitrogens with zero attached hydrogens (tertiary/aromatic N) is 1. The molecule has 5 aromatic rings. The van der Waals surface area contributed by atoms with Gasteiger partial charge in [0.25, 0.3) is 0 Å². The van der Waals surface area contributed by atoms with Crippen LogP contribution in [0.3, 0.4) is 0 Å². The van der Waals surface area contributed by atoms with Gasteiger partial charge in [0.05, 0.1) is 0 Å². The van der Waals surface area contributed by atoms with E-state index in [9.17, 15) is 0 Å². The SMILES string of the molecule is Cc1ccccc1N(c1ccc(-c2cc(N)ccc2-c2ccc(N)cc2)cc1)c1ccccc1C. The summed E-state index contributed by atoms with van der Waals surface area (Å²) in [5.74, 6) is 0. The van der Waals surface area contributed by atoms with Gasteiger partial charge in [-0.15, -0.1) is 0 Å². The van der Waals surface area contributed by atoms with Crippen LogP contribution in [0.4, 0.5) is 28.4 Å². The number of hydrogen-bond donors (Lipinski definition) is 2. The molecule has 0 fully saturated rings. The van der Waals surface area contributed by atoms with Gasteiger partial charge in [0.2, 0.25) is 0 Å². The standard InChI is InChI=1S/C32H29N3/c1-22-7-3-5-9-31(22)35(32-10-6-4-8-23(32)2)28-18-13-25(14-19-28)30-21-27(34)17-20-29(30)24-11-15-26(33)16-12-24/h3-21H,33-34H2,1-2H3. The van der Waals surface area contributed by atoms with E-state index in [1.54, 1.807) is 0 Å². The Morgan fingerprint density at radius 2 is 0.971 bits per heavy atom. The first-order valence-electron chi connectivity index (χ1n) is 11.8. The van der Waals surface area contributed by atoms with Crippen LogP contribution >= 0.6 is 0 Å². The lowest BCUT2D eigenvalue weighted by molar-refractivity contribution is 1.23. The molecule has 0 aliphatic rings. The third-order valence-electron chi connectivity index (χ3n) is 6.41. The van der Waals surface area contributed by atoms with Gasteiger partial charge in [0.15, 0.2) is 0 Å². The normalized spacial score (nSPS) is 10.8. The van der Waals surface area contributed by atoms with Crippen molar-refractivity contribution in [3.63, 3.8) is 0 Å². The molecule has 5 aromatic carbocycles. The van der Waals surface area contributed by atoms with E-state index in [4.69, 9.17) is 11.5 Å². The Morgan fingerprint density at radius 1 is 0.486 bits per heavy atom. The summed E-state index contributed by atoms with van der Waals surface area (Å²) in [6.07, 6.45) is 0. The Balaban J connectivity index is 1.61. The van der Waals surface area contributed by atoms with E-state index >= 15 is 0 Å². The number of nitrogen functional groups attached to an aromatic ring is 2. The van der Waals surface area contributed by atoms with Crippen LogP contribution in [0.25, 0.3) is 22.3 Å².